The molecule has 6 nitrogen and oxygen atoms in total. The van der Waals surface area contributed by atoms with Crippen LogP contribution in [0.3, 0.4) is 0 Å². The summed E-state index contributed by atoms with van der Waals surface area (Å²) in [5.41, 5.74) is 6.45. The van der Waals surface area contributed by atoms with Gasteiger partial charge in [-0.05, 0) is 118 Å². The lowest BCUT2D eigenvalue weighted by molar-refractivity contribution is -0.160. The molecule has 3 aliphatic rings. The molecule has 0 unspecified atom stereocenters. The fourth-order valence-corrected chi connectivity index (χ4v) is 7.18. The van der Waals surface area contributed by atoms with Crippen LogP contribution in [0.1, 0.15) is 104 Å². The van der Waals surface area contributed by atoms with Gasteiger partial charge in [-0.3, -0.25) is 4.79 Å². The Morgan fingerprint density at radius 3 is 2.44 bits per heavy atom. The largest absolute Gasteiger partial charge is 0.490 e. The van der Waals surface area contributed by atoms with Gasteiger partial charge in [0, 0.05) is 24.2 Å². The maximum Gasteiger partial charge on any atom is 0.337 e. The van der Waals surface area contributed by atoms with E-state index in [1.165, 1.54) is 25.3 Å². The van der Waals surface area contributed by atoms with Crippen molar-refractivity contribution in [1.82, 2.24) is 4.90 Å². The summed E-state index contributed by atoms with van der Waals surface area (Å²) in [5.74, 6) is -0.636. The fraction of sp³-hybridized carbons (Fsp3) is 0.588. The standard InChI is InChI=1S/C34H44FNO5/c1-19-23-13-10-14-40-31(23)27(35)15-25(19)29-21(3)26-18-36(17-22-11-8-7-9-12-22)28(37)16-24(26)20(2)30(29)32(33(38)39)41-34(4,5)6/h15,22,32H,7-14,16-18H2,1-6H3,(H,38,39)/t32-/m0/s1. The minimum atomic E-state index is -1.28. The molecule has 2 aromatic carbocycles. The number of ether oxygens (including phenoxy) is 2. The second kappa shape index (κ2) is 11.4. The van der Waals surface area contributed by atoms with Crippen LogP contribution in [0.4, 0.5) is 4.39 Å². The lowest BCUT2D eigenvalue weighted by Crippen LogP contribution is -2.41. The molecule has 1 fully saturated rings. The van der Waals surface area contributed by atoms with E-state index < -0.39 is 23.5 Å². The van der Waals surface area contributed by atoms with Gasteiger partial charge in [0.15, 0.2) is 17.7 Å². The maximum absolute atomic E-state index is 15.6. The van der Waals surface area contributed by atoms with Gasteiger partial charge >= 0.3 is 5.97 Å². The molecule has 1 aliphatic carbocycles. The van der Waals surface area contributed by atoms with E-state index >= 15 is 4.39 Å². The molecule has 0 spiro atoms. The number of fused-ring (bicyclic) bond motifs is 2. The molecular weight excluding hydrogens is 521 g/mol. The zero-order valence-electron chi connectivity index (χ0n) is 25.4. The van der Waals surface area contributed by atoms with Crippen molar-refractivity contribution >= 4 is 11.9 Å². The number of carbonyl (C=O) groups excluding carboxylic acids is 1. The number of hydrogen-bond acceptors (Lipinski definition) is 4. The molecule has 2 heterocycles. The average molecular weight is 566 g/mol. The number of carbonyl (C=O) groups is 2. The summed E-state index contributed by atoms with van der Waals surface area (Å²) in [6.07, 6.45) is 6.45. The maximum atomic E-state index is 15.6. The van der Waals surface area contributed by atoms with Crippen molar-refractivity contribution in [1.29, 1.82) is 0 Å². The van der Waals surface area contributed by atoms with Crippen molar-refractivity contribution in [3.8, 4) is 16.9 Å². The monoisotopic (exact) mass is 565 g/mol. The summed E-state index contributed by atoms with van der Waals surface area (Å²) in [6.45, 7) is 13.1. The number of nitrogens with zero attached hydrogens (tertiary/aromatic N) is 1. The first-order valence-electron chi connectivity index (χ1n) is 15.2. The molecule has 0 saturated heterocycles. The first kappa shape index (κ1) is 29.6. The third kappa shape index (κ3) is 5.75. The quantitative estimate of drug-likeness (QED) is 0.403. The van der Waals surface area contributed by atoms with Gasteiger partial charge in [0.05, 0.1) is 18.6 Å². The van der Waals surface area contributed by atoms with Gasteiger partial charge in [-0.1, -0.05) is 19.3 Å². The summed E-state index contributed by atoms with van der Waals surface area (Å²) in [5, 5.41) is 10.5. The highest BCUT2D eigenvalue weighted by molar-refractivity contribution is 5.88. The lowest BCUT2D eigenvalue weighted by atomic mass is 9.78. The van der Waals surface area contributed by atoms with E-state index in [9.17, 15) is 14.7 Å². The minimum absolute atomic E-state index is 0.0843. The van der Waals surface area contributed by atoms with E-state index in [1.807, 2.05) is 46.4 Å². The van der Waals surface area contributed by atoms with Crippen molar-refractivity contribution in [2.24, 2.45) is 5.92 Å². The molecule has 2 aromatic rings. The Morgan fingerprint density at radius 2 is 1.78 bits per heavy atom. The predicted molar refractivity (Wildman–Crippen MR) is 157 cm³/mol. The van der Waals surface area contributed by atoms with Gasteiger partial charge in [-0.25, -0.2) is 9.18 Å². The molecular formula is C34H44FNO5. The molecule has 5 rings (SSSR count). The molecule has 1 saturated carbocycles. The summed E-state index contributed by atoms with van der Waals surface area (Å²) in [4.78, 5) is 28.3. The predicted octanol–water partition coefficient (Wildman–Crippen LogP) is 7.15. The van der Waals surface area contributed by atoms with E-state index in [-0.39, 0.29) is 12.3 Å². The Hall–Kier alpha value is -2.93. The van der Waals surface area contributed by atoms with Crippen LogP contribution in [0.15, 0.2) is 6.07 Å². The molecule has 1 N–H and O–H groups in total. The topological polar surface area (TPSA) is 76.1 Å². The van der Waals surface area contributed by atoms with E-state index in [1.54, 1.807) is 0 Å². The first-order chi connectivity index (χ1) is 19.4. The van der Waals surface area contributed by atoms with Crippen molar-refractivity contribution in [3.05, 3.63) is 50.8 Å². The molecule has 41 heavy (non-hydrogen) atoms. The third-order valence-corrected chi connectivity index (χ3v) is 9.21. The van der Waals surface area contributed by atoms with Gasteiger partial charge < -0.3 is 19.5 Å². The summed E-state index contributed by atoms with van der Waals surface area (Å²) in [6, 6.07) is 1.50. The van der Waals surface area contributed by atoms with Crippen LogP contribution in [0.2, 0.25) is 0 Å². The van der Waals surface area contributed by atoms with Crippen molar-refractivity contribution in [2.45, 2.75) is 111 Å². The van der Waals surface area contributed by atoms with Gasteiger partial charge in [-0.2, -0.15) is 0 Å². The first-order valence-corrected chi connectivity index (χ1v) is 15.2. The van der Waals surface area contributed by atoms with E-state index in [0.717, 1.165) is 59.2 Å². The Kier molecular flexibility index (Phi) is 8.21. The Morgan fingerprint density at radius 1 is 1.07 bits per heavy atom. The number of benzene rings is 2. The summed E-state index contributed by atoms with van der Waals surface area (Å²) < 4.78 is 27.5. The normalized spacial score (nSPS) is 18.5. The molecule has 1 amide bonds. The molecule has 0 bridgehead atoms. The minimum Gasteiger partial charge on any atom is -0.490 e. The summed E-state index contributed by atoms with van der Waals surface area (Å²) in [7, 11) is 0. The molecule has 7 heteroatoms. The van der Waals surface area contributed by atoms with Gasteiger partial charge in [0.25, 0.3) is 0 Å². The highest BCUT2D eigenvalue weighted by Crippen LogP contribution is 2.46. The number of rotatable bonds is 6. The molecule has 0 aromatic heterocycles. The van der Waals surface area contributed by atoms with Crippen LogP contribution in [0.5, 0.6) is 5.75 Å². The summed E-state index contributed by atoms with van der Waals surface area (Å²) >= 11 is 0. The fourth-order valence-electron chi connectivity index (χ4n) is 7.18. The third-order valence-electron chi connectivity index (χ3n) is 9.21. The molecule has 1 atom stereocenters. The van der Waals surface area contributed by atoms with Crippen molar-refractivity contribution in [2.75, 3.05) is 13.2 Å². The Labute approximate surface area is 243 Å². The zero-order valence-corrected chi connectivity index (χ0v) is 25.4. The van der Waals surface area contributed by atoms with Gasteiger partial charge in [-0.15, -0.1) is 0 Å². The van der Waals surface area contributed by atoms with E-state index in [2.05, 4.69) is 0 Å². The van der Waals surface area contributed by atoms with Crippen LogP contribution in [0.25, 0.3) is 11.1 Å². The van der Waals surface area contributed by atoms with Crippen LogP contribution in [-0.2, 0) is 33.7 Å². The second-order valence-corrected chi connectivity index (χ2v) is 13.2. The lowest BCUT2D eigenvalue weighted by Gasteiger charge is -2.37. The van der Waals surface area contributed by atoms with Crippen LogP contribution < -0.4 is 4.74 Å². The molecule has 222 valence electrons. The zero-order chi connectivity index (χ0) is 29.6. The number of hydrogen-bond donors (Lipinski definition) is 1. The average Bonchev–Trinajstić information content (AvgIpc) is 2.92. The number of halogens is 1. The number of aliphatic carboxylic acids is 1. The van der Waals surface area contributed by atoms with Crippen LogP contribution >= 0.6 is 0 Å². The SMILES string of the molecule is Cc1c(-c2c(C)c3c(c(C)c2[C@H](OC(C)(C)C)C(=O)O)CC(=O)N(CC2CCCCC2)C3)cc(F)c2c1CCCO2. The van der Waals surface area contributed by atoms with E-state index in [4.69, 9.17) is 9.47 Å². The van der Waals surface area contributed by atoms with Crippen LogP contribution in [-0.4, -0.2) is 40.6 Å². The van der Waals surface area contributed by atoms with Crippen molar-refractivity contribution in [3.63, 3.8) is 0 Å². The Balaban J connectivity index is 1.72. The van der Waals surface area contributed by atoms with Crippen molar-refractivity contribution < 1.29 is 28.6 Å². The Bertz CT molecular complexity index is 1370. The highest BCUT2D eigenvalue weighted by Gasteiger charge is 2.37. The van der Waals surface area contributed by atoms with E-state index in [0.29, 0.717) is 47.9 Å². The highest BCUT2D eigenvalue weighted by atomic mass is 19.1. The number of carboxylic acids is 1. The number of carboxylic acid groups (broad SMARTS) is 1. The second-order valence-electron chi connectivity index (χ2n) is 13.2. The van der Waals surface area contributed by atoms with Crippen LogP contribution in [0, 0.1) is 32.5 Å². The molecule has 2 aliphatic heterocycles. The smallest absolute Gasteiger partial charge is 0.337 e. The number of amides is 1. The van der Waals surface area contributed by atoms with Gasteiger partial charge in [0.1, 0.15) is 0 Å². The van der Waals surface area contributed by atoms with Gasteiger partial charge in [0.2, 0.25) is 5.91 Å². The molecule has 0 radical (unpaired) electrons.